The van der Waals surface area contributed by atoms with Crippen molar-refractivity contribution < 1.29 is 14.4 Å². The fourth-order valence-electron chi connectivity index (χ4n) is 4.29. The van der Waals surface area contributed by atoms with Crippen LogP contribution in [0.15, 0.2) is 30.3 Å². The van der Waals surface area contributed by atoms with E-state index in [9.17, 15) is 14.4 Å². The van der Waals surface area contributed by atoms with E-state index in [0.717, 1.165) is 5.56 Å². The number of nitrogens with one attached hydrogen (secondary N) is 1. The highest BCUT2D eigenvalue weighted by molar-refractivity contribution is 5.79. The minimum Gasteiger partial charge on any atom is -0.339 e. The first-order valence-corrected chi connectivity index (χ1v) is 11.1. The Kier molecular flexibility index (Phi) is 8.11. The molecule has 164 valence electrons. The Morgan fingerprint density at radius 2 is 1.57 bits per heavy atom. The van der Waals surface area contributed by atoms with Crippen molar-refractivity contribution in [2.45, 2.75) is 45.1 Å². The summed E-state index contributed by atoms with van der Waals surface area (Å²) >= 11 is 0. The Morgan fingerprint density at radius 3 is 2.20 bits per heavy atom. The number of hydrogen-bond acceptors (Lipinski definition) is 3. The van der Waals surface area contributed by atoms with Crippen molar-refractivity contribution in [1.29, 1.82) is 0 Å². The van der Waals surface area contributed by atoms with Crippen molar-refractivity contribution in [1.82, 2.24) is 20.0 Å². The monoisotopic (exact) mass is 414 g/mol. The van der Waals surface area contributed by atoms with Crippen LogP contribution in [0.5, 0.6) is 0 Å². The number of benzene rings is 1. The number of amides is 4. The predicted octanol–water partition coefficient (Wildman–Crippen LogP) is 2.47. The van der Waals surface area contributed by atoms with Crippen LogP contribution in [0, 0.1) is 5.92 Å². The molecule has 0 unspecified atom stereocenters. The molecule has 2 aliphatic rings. The number of carbonyl (C=O) groups is 3. The highest BCUT2D eigenvalue weighted by Gasteiger charge is 2.26. The minimum atomic E-state index is -0.186. The van der Waals surface area contributed by atoms with Crippen LogP contribution in [0.2, 0.25) is 0 Å². The van der Waals surface area contributed by atoms with E-state index in [1.165, 1.54) is 25.7 Å². The number of rotatable bonds is 7. The molecule has 2 fully saturated rings. The van der Waals surface area contributed by atoms with Crippen LogP contribution in [-0.4, -0.2) is 72.3 Å². The average Bonchev–Trinajstić information content (AvgIpc) is 3.27. The van der Waals surface area contributed by atoms with E-state index in [4.69, 9.17) is 0 Å². The molecule has 3 rings (SSSR count). The molecule has 7 nitrogen and oxygen atoms in total. The second kappa shape index (κ2) is 11.0. The van der Waals surface area contributed by atoms with Gasteiger partial charge in [0.2, 0.25) is 11.8 Å². The van der Waals surface area contributed by atoms with E-state index in [1.54, 1.807) is 16.8 Å². The van der Waals surface area contributed by atoms with Crippen LogP contribution < -0.4 is 5.32 Å². The van der Waals surface area contributed by atoms with Gasteiger partial charge >= 0.3 is 6.03 Å². The third kappa shape index (κ3) is 6.47. The number of piperazine rings is 1. The normalized spacial score (nSPS) is 17.1. The third-order valence-corrected chi connectivity index (χ3v) is 6.15. The maximum atomic E-state index is 12.5. The van der Waals surface area contributed by atoms with Gasteiger partial charge < -0.3 is 20.0 Å². The lowest BCUT2D eigenvalue weighted by Gasteiger charge is -2.35. The predicted molar refractivity (Wildman–Crippen MR) is 116 cm³/mol. The minimum absolute atomic E-state index is 0.0314. The highest BCUT2D eigenvalue weighted by Crippen LogP contribution is 2.28. The van der Waals surface area contributed by atoms with Gasteiger partial charge in [0.1, 0.15) is 0 Å². The Labute approximate surface area is 179 Å². The van der Waals surface area contributed by atoms with E-state index in [0.29, 0.717) is 51.6 Å². The summed E-state index contributed by atoms with van der Waals surface area (Å²) in [7, 11) is 1.74. The summed E-state index contributed by atoms with van der Waals surface area (Å²) in [5.41, 5.74) is 1.06. The summed E-state index contributed by atoms with van der Waals surface area (Å²) in [6.07, 6.45) is 5.79. The molecular formula is C23H34N4O3. The van der Waals surface area contributed by atoms with Gasteiger partial charge in [-0.1, -0.05) is 43.2 Å². The van der Waals surface area contributed by atoms with Gasteiger partial charge in [0.05, 0.1) is 0 Å². The van der Waals surface area contributed by atoms with Crippen molar-refractivity contribution in [3.63, 3.8) is 0 Å². The van der Waals surface area contributed by atoms with E-state index in [2.05, 4.69) is 5.32 Å². The lowest BCUT2D eigenvalue weighted by atomic mass is 10.0. The zero-order valence-electron chi connectivity index (χ0n) is 18.0. The maximum absolute atomic E-state index is 12.5. The molecule has 1 heterocycles. The lowest BCUT2D eigenvalue weighted by Crippen LogP contribution is -2.51. The van der Waals surface area contributed by atoms with Gasteiger partial charge in [-0.05, 0) is 24.3 Å². The summed E-state index contributed by atoms with van der Waals surface area (Å²) < 4.78 is 0. The van der Waals surface area contributed by atoms with Crippen molar-refractivity contribution in [2.24, 2.45) is 5.92 Å². The molecule has 1 aliphatic heterocycles. The fourth-order valence-corrected chi connectivity index (χ4v) is 4.29. The second-order valence-corrected chi connectivity index (χ2v) is 8.44. The summed E-state index contributed by atoms with van der Waals surface area (Å²) in [5.74, 6) is 0.826. The zero-order valence-corrected chi connectivity index (χ0v) is 18.0. The highest BCUT2D eigenvalue weighted by atomic mass is 16.2. The van der Waals surface area contributed by atoms with Crippen LogP contribution in [0.1, 0.15) is 44.1 Å². The Balaban J connectivity index is 1.31. The largest absolute Gasteiger partial charge is 0.339 e. The van der Waals surface area contributed by atoms with Gasteiger partial charge in [-0.25, -0.2) is 4.79 Å². The van der Waals surface area contributed by atoms with Gasteiger partial charge in [0, 0.05) is 59.2 Å². The molecule has 0 bridgehead atoms. The van der Waals surface area contributed by atoms with Gasteiger partial charge in [0.15, 0.2) is 0 Å². The molecule has 0 spiro atoms. The van der Waals surface area contributed by atoms with Crippen LogP contribution in [0.25, 0.3) is 0 Å². The van der Waals surface area contributed by atoms with Crippen molar-refractivity contribution in [3.05, 3.63) is 35.9 Å². The van der Waals surface area contributed by atoms with Crippen LogP contribution in [0.3, 0.4) is 0 Å². The van der Waals surface area contributed by atoms with Crippen molar-refractivity contribution >= 4 is 17.8 Å². The third-order valence-electron chi connectivity index (χ3n) is 6.15. The molecule has 1 saturated carbocycles. The quantitative estimate of drug-likeness (QED) is 0.745. The first kappa shape index (κ1) is 22.1. The molecule has 1 aromatic rings. The maximum Gasteiger partial charge on any atom is 0.317 e. The fraction of sp³-hybridized carbons (Fsp3) is 0.609. The molecule has 1 saturated heterocycles. The summed E-state index contributed by atoms with van der Waals surface area (Å²) in [6, 6.07) is 9.61. The molecule has 30 heavy (non-hydrogen) atoms. The smallest absolute Gasteiger partial charge is 0.317 e. The molecule has 0 radical (unpaired) electrons. The zero-order chi connectivity index (χ0) is 21.3. The van der Waals surface area contributed by atoms with Crippen molar-refractivity contribution in [3.8, 4) is 0 Å². The summed E-state index contributed by atoms with van der Waals surface area (Å²) in [4.78, 5) is 42.4. The molecule has 0 aromatic heterocycles. The molecule has 1 N–H and O–H groups in total. The molecule has 0 atom stereocenters. The Morgan fingerprint density at radius 1 is 0.967 bits per heavy atom. The Hall–Kier alpha value is -2.57. The van der Waals surface area contributed by atoms with E-state index in [1.807, 2.05) is 35.2 Å². The van der Waals surface area contributed by atoms with Crippen LogP contribution >= 0.6 is 0 Å². The van der Waals surface area contributed by atoms with Gasteiger partial charge in [-0.15, -0.1) is 0 Å². The molecule has 1 aliphatic carbocycles. The first-order chi connectivity index (χ1) is 14.5. The van der Waals surface area contributed by atoms with E-state index in [-0.39, 0.29) is 24.3 Å². The Bertz CT molecular complexity index is 710. The number of carbonyl (C=O) groups excluding carboxylic acids is 3. The standard InChI is InChI=1S/C23H34N4O3/c1-25(18-20-9-3-2-4-10-20)23(30)24-12-11-21(28)26-13-15-27(16-14-26)22(29)17-19-7-5-6-8-19/h2-4,9-10,19H,5-8,11-18H2,1H3,(H,24,30). The van der Waals surface area contributed by atoms with Gasteiger partial charge in [0.25, 0.3) is 0 Å². The van der Waals surface area contributed by atoms with E-state index < -0.39 is 0 Å². The molecule has 7 heteroatoms. The lowest BCUT2D eigenvalue weighted by molar-refractivity contribution is -0.140. The summed E-state index contributed by atoms with van der Waals surface area (Å²) in [6.45, 7) is 3.23. The first-order valence-electron chi connectivity index (χ1n) is 11.1. The van der Waals surface area contributed by atoms with Gasteiger partial charge in [-0.3, -0.25) is 9.59 Å². The summed E-state index contributed by atoms with van der Waals surface area (Å²) in [5, 5.41) is 2.82. The number of hydrogen-bond donors (Lipinski definition) is 1. The van der Waals surface area contributed by atoms with E-state index >= 15 is 0 Å². The number of nitrogens with zero attached hydrogens (tertiary/aromatic N) is 3. The number of urea groups is 1. The average molecular weight is 415 g/mol. The van der Waals surface area contributed by atoms with Crippen molar-refractivity contribution in [2.75, 3.05) is 39.8 Å². The SMILES string of the molecule is CN(Cc1ccccc1)C(=O)NCCC(=O)N1CCN(C(=O)CC2CCCC2)CC1. The van der Waals surface area contributed by atoms with Crippen LogP contribution in [0.4, 0.5) is 4.79 Å². The molecule has 1 aromatic carbocycles. The molecular weight excluding hydrogens is 380 g/mol. The van der Waals surface area contributed by atoms with Crippen LogP contribution in [-0.2, 0) is 16.1 Å². The second-order valence-electron chi connectivity index (χ2n) is 8.44. The van der Waals surface area contributed by atoms with Gasteiger partial charge in [-0.2, -0.15) is 0 Å². The molecule has 4 amide bonds. The topological polar surface area (TPSA) is 73.0 Å².